The Balaban J connectivity index is 1.62. The SMILES string of the molecule is [Se]=P1(c2ccccc2)C(c2ccccc2)=CC2=C(c3ccccc3)C3c4ccccc4C21c1ccccc13. The normalized spacial score (nSPS) is 24.4. The quantitative estimate of drug-likeness (QED) is 0.152. The summed E-state index contributed by atoms with van der Waals surface area (Å²) in [5, 5.41) is 2.56. The van der Waals surface area contributed by atoms with Crippen LogP contribution in [0, 0.1) is 0 Å². The van der Waals surface area contributed by atoms with E-state index in [1.54, 1.807) is 0 Å². The molecule has 0 radical (unpaired) electrons. The van der Waals surface area contributed by atoms with Gasteiger partial charge in [0, 0.05) is 0 Å². The van der Waals surface area contributed by atoms with Crippen molar-refractivity contribution in [1.29, 1.82) is 0 Å². The molecular formula is C36H25PSe. The molecule has 0 amide bonds. The van der Waals surface area contributed by atoms with Crippen LogP contribution in [0.5, 0.6) is 0 Å². The van der Waals surface area contributed by atoms with Gasteiger partial charge in [0.1, 0.15) is 0 Å². The fourth-order valence-corrected chi connectivity index (χ4v) is 15.0. The maximum atomic E-state index is 4.00. The number of allylic oxidation sites excluding steroid dienone is 3. The summed E-state index contributed by atoms with van der Waals surface area (Å²) in [6.07, 6.45) is 2.58. The molecule has 0 nitrogen and oxygen atoms in total. The molecule has 5 aromatic rings. The average Bonchev–Trinajstić information content (AvgIpc) is 3.29. The third-order valence-corrected chi connectivity index (χ3v) is 16.7. The molecular weight excluding hydrogens is 542 g/mol. The predicted molar refractivity (Wildman–Crippen MR) is 162 cm³/mol. The summed E-state index contributed by atoms with van der Waals surface area (Å²) < 4.78 is 0. The van der Waals surface area contributed by atoms with Crippen molar-refractivity contribution in [3.05, 3.63) is 185 Å². The topological polar surface area (TPSA) is 0 Å². The van der Waals surface area contributed by atoms with E-state index in [1.165, 1.54) is 55.1 Å². The van der Waals surface area contributed by atoms with Gasteiger partial charge in [-0.2, -0.15) is 0 Å². The van der Waals surface area contributed by atoms with E-state index in [0.717, 1.165) is 0 Å². The number of hydrogen-bond donors (Lipinski definition) is 0. The van der Waals surface area contributed by atoms with Crippen LogP contribution in [0.1, 0.15) is 39.3 Å². The zero-order valence-electron chi connectivity index (χ0n) is 20.8. The first kappa shape index (κ1) is 22.5. The van der Waals surface area contributed by atoms with Gasteiger partial charge in [-0.25, -0.2) is 0 Å². The fraction of sp³-hybridized carbons (Fsp3) is 0.0556. The van der Waals surface area contributed by atoms with Crippen molar-refractivity contribution in [2.24, 2.45) is 0 Å². The number of hydrogen-bond acceptors (Lipinski definition) is 0. The Labute approximate surface area is 231 Å². The molecule has 0 saturated heterocycles. The van der Waals surface area contributed by atoms with E-state index in [2.05, 4.69) is 161 Å². The molecule has 0 N–H and O–H groups in total. The van der Waals surface area contributed by atoms with Gasteiger partial charge in [-0.05, 0) is 0 Å². The van der Waals surface area contributed by atoms with Gasteiger partial charge < -0.3 is 0 Å². The van der Waals surface area contributed by atoms with E-state index in [1.807, 2.05) is 0 Å². The van der Waals surface area contributed by atoms with Gasteiger partial charge in [-0.1, -0.05) is 0 Å². The van der Waals surface area contributed by atoms with E-state index in [-0.39, 0.29) is 11.1 Å². The molecule has 1 spiro atoms. The standard InChI is InChI=1S/C36H25PSe/c38-37(27-18-8-3-9-19-27)33(25-14-4-1-5-15-25)24-32-34(26-16-6-2-7-17-26)35-28-20-10-12-22-30(28)36(32,37)31-23-13-11-21-29(31)35/h1-24,35H. The summed E-state index contributed by atoms with van der Waals surface area (Å²) in [7, 11) is 0. The van der Waals surface area contributed by atoms with Gasteiger partial charge in [0.2, 0.25) is 0 Å². The minimum absolute atomic E-state index is 0.220. The second-order valence-electron chi connectivity index (χ2n) is 10.4. The molecule has 2 heteroatoms. The van der Waals surface area contributed by atoms with E-state index in [0.29, 0.717) is 0 Å². The number of benzene rings is 5. The third-order valence-electron chi connectivity index (χ3n) is 8.66. The van der Waals surface area contributed by atoms with Crippen LogP contribution in [0.25, 0.3) is 10.9 Å². The first-order chi connectivity index (χ1) is 18.8. The van der Waals surface area contributed by atoms with Crippen molar-refractivity contribution in [1.82, 2.24) is 0 Å². The Hall–Kier alpha value is -3.47. The minimum atomic E-state index is -2.17. The predicted octanol–water partition coefficient (Wildman–Crippen LogP) is 8.32. The summed E-state index contributed by atoms with van der Waals surface area (Å²) in [4.78, 5) is 0. The molecule has 38 heavy (non-hydrogen) atoms. The summed E-state index contributed by atoms with van der Waals surface area (Å²) in [6, 6.07) is 52.0. The fourth-order valence-electron chi connectivity index (χ4n) is 7.30. The monoisotopic (exact) mass is 568 g/mol. The van der Waals surface area contributed by atoms with Crippen LogP contribution in [-0.4, -0.2) is 15.1 Å². The van der Waals surface area contributed by atoms with Crippen LogP contribution in [-0.2, 0) is 5.16 Å². The first-order valence-electron chi connectivity index (χ1n) is 13.2. The maximum absolute atomic E-state index is 4.00. The van der Waals surface area contributed by atoms with Gasteiger partial charge in [0.25, 0.3) is 0 Å². The van der Waals surface area contributed by atoms with Gasteiger partial charge >= 0.3 is 232 Å². The summed E-state index contributed by atoms with van der Waals surface area (Å²) >= 11 is 4.00. The molecule has 0 saturated carbocycles. The van der Waals surface area contributed by atoms with Crippen LogP contribution in [0.3, 0.4) is 0 Å². The second kappa shape index (κ2) is 8.26. The van der Waals surface area contributed by atoms with Crippen molar-refractivity contribution in [2.45, 2.75) is 11.1 Å². The molecule has 1 atom stereocenters. The van der Waals surface area contributed by atoms with Gasteiger partial charge in [-0.3, -0.25) is 0 Å². The Morgan fingerprint density at radius 3 is 1.58 bits per heavy atom. The van der Waals surface area contributed by atoms with Gasteiger partial charge in [0.05, 0.1) is 0 Å². The average molecular weight is 568 g/mol. The van der Waals surface area contributed by atoms with E-state index in [4.69, 9.17) is 0 Å². The van der Waals surface area contributed by atoms with Crippen molar-refractivity contribution in [2.75, 3.05) is 0 Å². The first-order valence-corrected chi connectivity index (χ1v) is 17.2. The molecule has 0 fully saturated rings. The molecule has 2 bridgehead atoms. The van der Waals surface area contributed by atoms with Crippen LogP contribution < -0.4 is 5.30 Å². The van der Waals surface area contributed by atoms with Gasteiger partial charge in [0.15, 0.2) is 0 Å². The number of rotatable bonds is 3. The third kappa shape index (κ3) is 2.70. The molecule has 4 aliphatic rings. The van der Waals surface area contributed by atoms with Crippen molar-refractivity contribution < 1.29 is 0 Å². The van der Waals surface area contributed by atoms with Crippen molar-refractivity contribution in [3.63, 3.8) is 0 Å². The Morgan fingerprint density at radius 1 is 0.526 bits per heavy atom. The zero-order chi connectivity index (χ0) is 25.3. The van der Waals surface area contributed by atoms with Crippen LogP contribution in [0.4, 0.5) is 0 Å². The molecule has 9 rings (SSSR count). The Kier molecular flexibility index (Phi) is 4.89. The van der Waals surface area contributed by atoms with E-state index < -0.39 is 5.51 Å². The summed E-state index contributed by atoms with van der Waals surface area (Å²) in [6.45, 7) is 0. The van der Waals surface area contributed by atoms with Crippen molar-refractivity contribution >= 4 is 36.8 Å². The van der Waals surface area contributed by atoms with E-state index in [9.17, 15) is 0 Å². The van der Waals surface area contributed by atoms with Crippen LogP contribution >= 0.6 is 5.51 Å². The van der Waals surface area contributed by atoms with Crippen molar-refractivity contribution in [3.8, 4) is 0 Å². The van der Waals surface area contributed by atoms with Crippen LogP contribution in [0.15, 0.2) is 151 Å². The summed E-state index contributed by atoms with van der Waals surface area (Å²) in [5.74, 6) is 0.220. The molecule has 0 aromatic heterocycles. The zero-order valence-corrected chi connectivity index (χ0v) is 23.4. The van der Waals surface area contributed by atoms with Crippen LogP contribution in [0.2, 0.25) is 0 Å². The second-order valence-corrected chi connectivity index (χ2v) is 16.7. The summed E-state index contributed by atoms with van der Waals surface area (Å²) in [5.41, 5.74) is 9.24. The molecule has 1 aliphatic heterocycles. The Bertz CT molecular complexity index is 1780. The molecule has 5 aromatic carbocycles. The van der Waals surface area contributed by atoms with Gasteiger partial charge in [-0.15, -0.1) is 0 Å². The van der Waals surface area contributed by atoms with E-state index >= 15 is 0 Å². The molecule has 3 aliphatic carbocycles. The molecule has 1 unspecified atom stereocenters. The Morgan fingerprint density at radius 2 is 1.00 bits per heavy atom. The molecule has 180 valence electrons. The molecule has 1 heterocycles.